The van der Waals surface area contributed by atoms with E-state index in [4.69, 9.17) is 19.9 Å². The number of ether oxygens (including phenoxy) is 3. The van der Waals surface area contributed by atoms with Crippen molar-refractivity contribution in [3.63, 3.8) is 0 Å². The van der Waals surface area contributed by atoms with Crippen molar-refractivity contribution in [2.75, 3.05) is 12.3 Å². The smallest absolute Gasteiger partial charge is 0.407 e. The summed E-state index contributed by atoms with van der Waals surface area (Å²) in [5.41, 5.74) is 6.33. The van der Waals surface area contributed by atoms with Crippen LogP contribution in [-0.4, -0.2) is 30.2 Å². The molecule has 1 aromatic rings. The van der Waals surface area contributed by atoms with E-state index in [-0.39, 0.29) is 18.0 Å². The highest BCUT2D eigenvalue weighted by molar-refractivity contribution is 5.75. The Labute approximate surface area is 146 Å². The van der Waals surface area contributed by atoms with Crippen molar-refractivity contribution in [3.05, 3.63) is 17.7 Å². The summed E-state index contributed by atoms with van der Waals surface area (Å²) in [6.45, 7) is 8.03. The maximum absolute atomic E-state index is 11.6. The molecule has 0 aliphatic rings. The van der Waals surface area contributed by atoms with Gasteiger partial charge in [-0.25, -0.2) is 4.79 Å². The number of benzene rings is 1. The predicted octanol–water partition coefficient (Wildman–Crippen LogP) is 2.19. The molecule has 0 spiro atoms. The standard InChI is InChI=1S/C17H24N2O6/c1-10(20)23-14-8-12(13(18)9-15(14)24-11(2)21)6-7-19-16(22)25-17(3,4)5/h8-9H,6-7,18H2,1-5H3,(H,19,22). The fraction of sp³-hybridized carbons (Fsp3) is 0.471. The number of hydrogen-bond donors (Lipinski definition) is 2. The van der Waals surface area contributed by atoms with E-state index >= 15 is 0 Å². The second-order valence-electron chi connectivity index (χ2n) is 6.36. The minimum Gasteiger partial charge on any atom is -0.444 e. The van der Waals surface area contributed by atoms with Gasteiger partial charge in [-0.15, -0.1) is 0 Å². The minimum absolute atomic E-state index is 0.0593. The van der Waals surface area contributed by atoms with E-state index in [0.717, 1.165) is 0 Å². The van der Waals surface area contributed by atoms with E-state index in [1.54, 1.807) is 20.8 Å². The highest BCUT2D eigenvalue weighted by atomic mass is 16.6. The third-order valence-corrected chi connectivity index (χ3v) is 2.78. The Hall–Kier alpha value is -2.77. The molecule has 0 saturated carbocycles. The van der Waals surface area contributed by atoms with Crippen LogP contribution in [0.1, 0.15) is 40.2 Å². The molecule has 3 N–H and O–H groups in total. The van der Waals surface area contributed by atoms with Crippen molar-refractivity contribution in [1.29, 1.82) is 0 Å². The quantitative estimate of drug-likeness (QED) is 0.474. The molecule has 0 atom stereocenters. The Bertz CT molecular complexity index is 664. The van der Waals surface area contributed by atoms with Gasteiger partial charge in [-0.05, 0) is 38.8 Å². The van der Waals surface area contributed by atoms with Crippen LogP contribution in [0.3, 0.4) is 0 Å². The van der Waals surface area contributed by atoms with Crippen molar-refractivity contribution in [1.82, 2.24) is 5.32 Å². The molecule has 1 aromatic carbocycles. The molecular formula is C17H24N2O6. The van der Waals surface area contributed by atoms with E-state index in [1.165, 1.54) is 26.0 Å². The molecule has 8 nitrogen and oxygen atoms in total. The summed E-state index contributed by atoms with van der Waals surface area (Å²) in [5, 5.41) is 2.61. The minimum atomic E-state index is -0.586. The Morgan fingerprint density at radius 1 is 1.04 bits per heavy atom. The van der Waals surface area contributed by atoms with Gasteiger partial charge in [0.05, 0.1) is 0 Å². The van der Waals surface area contributed by atoms with E-state index < -0.39 is 23.6 Å². The van der Waals surface area contributed by atoms with Crippen LogP contribution in [0.25, 0.3) is 0 Å². The van der Waals surface area contributed by atoms with Crippen LogP contribution in [0.15, 0.2) is 12.1 Å². The number of nitrogens with two attached hydrogens (primary N) is 1. The van der Waals surface area contributed by atoms with Gasteiger partial charge in [0.15, 0.2) is 11.5 Å². The molecule has 138 valence electrons. The molecule has 0 saturated heterocycles. The molecule has 0 aliphatic carbocycles. The van der Waals surface area contributed by atoms with Crippen LogP contribution in [0.2, 0.25) is 0 Å². The lowest BCUT2D eigenvalue weighted by Crippen LogP contribution is -2.33. The van der Waals surface area contributed by atoms with Crippen molar-refractivity contribution < 1.29 is 28.6 Å². The molecule has 0 aliphatic heterocycles. The lowest BCUT2D eigenvalue weighted by atomic mass is 10.1. The maximum atomic E-state index is 11.6. The molecule has 25 heavy (non-hydrogen) atoms. The SMILES string of the molecule is CC(=O)Oc1cc(N)c(CCNC(=O)OC(C)(C)C)cc1OC(C)=O. The van der Waals surface area contributed by atoms with Gasteiger partial charge in [0.25, 0.3) is 0 Å². The number of amides is 1. The topological polar surface area (TPSA) is 117 Å². The number of nitrogen functional groups attached to an aromatic ring is 1. The molecule has 0 aromatic heterocycles. The fourth-order valence-electron chi connectivity index (χ4n) is 1.92. The van der Waals surface area contributed by atoms with Crippen LogP contribution in [0.4, 0.5) is 10.5 Å². The molecule has 0 radical (unpaired) electrons. The number of nitrogens with one attached hydrogen (secondary N) is 1. The molecular weight excluding hydrogens is 328 g/mol. The number of anilines is 1. The van der Waals surface area contributed by atoms with E-state index in [0.29, 0.717) is 17.7 Å². The average Bonchev–Trinajstić information content (AvgIpc) is 2.40. The zero-order valence-electron chi connectivity index (χ0n) is 15.1. The van der Waals surface area contributed by atoms with E-state index in [2.05, 4.69) is 5.32 Å². The molecule has 1 rings (SSSR count). The Balaban J connectivity index is 2.84. The fourth-order valence-corrected chi connectivity index (χ4v) is 1.92. The van der Waals surface area contributed by atoms with Crippen molar-refractivity contribution in [2.45, 2.75) is 46.6 Å². The normalized spacial score (nSPS) is 10.8. The maximum Gasteiger partial charge on any atom is 0.407 e. The summed E-state index contributed by atoms with van der Waals surface area (Å²) in [5.74, 6) is -0.976. The van der Waals surface area contributed by atoms with Crippen molar-refractivity contribution in [3.8, 4) is 11.5 Å². The monoisotopic (exact) mass is 352 g/mol. The Morgan fingerprint density at radius 3 is 2.04 bits per heavy atom. The summed E-state index contributed by atoms with van der Waals surface area (Å²) in [4.78, 5) is 34.0. The highest BCUT2D eigenvalue weighted by Crippen LogP contribution is 2.33. The summed E-state index contributed by atoms with van der Waals surface area (Å²) >= 11 is 0. The average molecular weight is 352 g/mol. The molecule has 0 bridgehead atoms. The first-order valence-corrected chi connectivity index (χ1v) is 7.74. The van der Waals surface area contributed by atoms with Gasteiger partial charge in [0.2, 0.25) is 0 Å². The van der Waals surface area contributed by atoms with Crippen LogP contribution in [-0.2, 0) is 20.7 Å². The first-order valence-electron chi connectivity index (χ1n) is 7.74. The largest absolute Gasteiger partial charge is 0.444 e. The number of carbonyl (C=O) groups excluding carboxylic acids is 3. The highest BCUT2D eigenvalue weighted by Gasteiger charge is 2.17. The molecule has 0 unspecified atom stereocenters. The Morgan fingerprint density at radius 2 is 1.56 bits per heavy atom. The number of carbonyl (C=O) groups is 3. The van der Waals surface area contributed by atoms with Crippen LogP contribution >= 0.6 is 0 Å². The van der Waals surface area contributed by atoms with Crippen LogP contribution < -0.4 is 20.5 Å². The molecule has 1 amide bonds. The van der Waals surface area contributed by atoms with Gasteiger partial charge < -0.3 is 25.3 Å². The third-order valence-electron chi connectivity index (χ3n) is 2.78. The number of hydrogen-bond acceptors (Lipinski definition) is 7. The van der Waals surface area contributed by atoms with Crippen LogP contribution in [0.5, 0.6) is 11.5 Å². The van der Waals surface area contributed by atoms with Crippen molar-refractivity contribution in [2.24, 2.45) is 0 Å². The third kappa shape index (κ3) is 7.56. The van der Waals surface area contributed by atoms with Crippen LogP contribution in [0, 0.1) is 0 Å². The first-order chi connectivity index (χ1) is 11.5. The zero-order valence-corrected chi connectivity index (χ0v) is 15.1. The van der Waals surface area contributed by atoms with Gasteiger partial charge in [-0.3, -0.25) is 9.59 Å². The van der Waals surface area contributed by atoms with E-state index in [9.17, 15) is 14.4 Å². The second-order valence-corrected chi connectivity index (χ2v) is 6.36. The predicted molar refractivity (Wildman–Crippen MR) is 91.4 cm³/mol. The molecule has 8 heteroatoms. The molecule has 0 heterocycles. The number of esters is 2. The summed E-state index contributed by atoms with van der Waals surface area (Å²) < 4.78 is 15.2. The van der Waals surface area contributed by atoms with Gasteiger partial charge in [0.1, 0.15) is 5.60 Å². The summed E-state index contributed by atoms with van der Waals surface area (Å²) in [6.07, 6.45) is -0.164. The zero-order chi connectivity index (χ0) is 19.2. The van der Waals surface area contributed by atoms with Gasteiger partial charge >= 0.3 is 18.0 Å². The van der Waals surface area contributed by atoms with E-state index in [1.807, 2.05) is 0 Å². The van der Waals surface area contributed by atoms with Crippen molar-refractivity contribution >= 4 is 23.7 Å². The Kier molecular flexibility index (Phi) is 6.78. The summed E-state index contributed by atoms with van der Waals surface area (Å²) in [7, 11) is 0. The number of alkyl carbamates (subject to hydrolysis) is 1. The number of rotatable bonds is 5. The molecule has 0 fully saturated rings. The lowest BCUT2D eigenvalue weighted by molar-refractivity contribution is -0.134. The first kappa shape index (κ1) is 20.3. The lowest BCUT2D eigenvalue weighted by Gasteiger charge is -2.19. The van der Waals surface area contributed by atoms with Gasteiger partial charge in [-0.1, -0.05) is 0 Å². The summed E-state index contributed by atoms with van der Waals surface area (Å²) in [6, 6.07) is 2.91. The van der Waals surface area contributed by atoms with Gasteiger partial charge in [0, 0.05) is 32.1 Å². The second kappa shape index (κ2) is 8.36. The van der Waals surface area contributed by atoms with Gasteiger partial charge in [-0.2, -0.15) is 0 Å².